The fourth-order valence-corrected chi connectivity index (χ4v) is 2.07. The highest BCUT2D eigenvalue weighted by Crippen LogP contribution is 2.19. The predicted octanol–water partition coefficient (Wildman–Crippen LogP) is 1.00. The number of nitriles is 1. The van der Waals surface area contributed by atoms with Gasteiger partial charge in [-0.05, 0) is 32.1 Å². The summed E-state index contributed by atoms with van der Waals surface area (Å²) in [5.41, 5.74) is 8.17. The van der Waals surface area contributed by atoms with Gasteiger partial charge in [-0.3, -0.25) is 0 Å². The van der Waals surface area contributed by atoms with Crippen molar-refractivity contribution in [2.75, 3.05) is 0 Å². The molecule has 4 nitrogen and oxygen atoms in total. The van der Waals surface area contributed by atoms with E-state index in [1.165, 1.54) is 24.2 Å². The highest BCUT2D eigenvalue weighted by molar-refractivity contribution is 5.16. The first-order valence-electron chi connectivity index (χ1n) is 5.49. The molecule has 1 heterocycles. The maximum atomic E-state index is 8.60. The SMILES string of the molecule is N#CC(N)CCn1cnc2c1CCCC2. The fraction of sp³-hybridized carbons (Fsp3) is 0.636. The molecular formula is C11H16N4. The van der Waals surface area contributed by atoms with E-state index in [0.717, 1.165) is 19.4 Å². The Morgan fingerprint density at radius 3 is 3.13 bits per heavy atom. The molecule has 1 atom stereocenters. The van der Waals surface area contributed by atoms with Crippen LogP contribution in [0.1, 0.15) is 30.7 Å². The molecule has 1 unspecified atom stereocenters. The lowest BCUT2D eigenvalue weighted by Gasteiger charge is -2.14. The molecule has 0 aliphatic heterocycles. The van der Waals surface area contributed by atoms with Gasteiger partial charge >= 0.3 is 0 Å². The average molecular weight is 204 g/mol. The van der Waals surface area contributed by atoms with Crippen LogP contribution in [0.2, 0.25) is 0 Å². The molecule has 15 heavy (non-hydrogen) atoms. The zero-order chi connectivity index (χ0) is 10.7. The molecule has 1 aromatic heterocycles. The number of aryl methyl sites for hydroxylation is 2. The summed E-state index contributed by atoms with van der Waals surface area (Å²) in [5.74, 6) is 0. The van der Waals surface area contributed by atoms with Crippen molar-refractivity contribution < 1.29 is 0 Å². The lowest BCUT2D eigenvalue weighted by Crippen LogP contribution is -2.20. The summed E-state index contributed by atoms with van der Waals surface area (Å²) >= 11 is 0. The Morgan fingerprint density at radius 2 is 2.33 bits per heavy atom. The van der Waals surface area contributed by atoms with Crippen molar-refractivity contribution in [1.82, 2.24) is 9.55 Å². The normalized spacial score (nSPS) is 16.8. The molecule has 0 bridgehead atoms. The smallest absolute Gasteiger partial charge is 0.0951 e. The minimum absolute atomic E-state index is 0.355. The maximum absolute atomic E-state index is 8.60. The molecule has 2 rings (SSSR count). The molecule has 0 radical (unpaired) electrons. The molecule has 0 saturated carbocycles. The molecule has 0 spiro atoms. The van der Waals surface area contributed by atoms with Crippen molar-refractivity contribution in [3.63, 3.8) is 0 Å². The molecule has 80 valence electrons. The van der Waals surface area contributed by atoms with Crippen LogP contribution in [0, 0.1) is 11.3 Å². The number of aromatic nitrogens is 2. The Morgan fingerprint density at radius 1 is 1.53 bits per heavy atom. The van der Waals surface area contributed by atoms with E-state index in [-0.39, 0.29) is 6.04 Å². The van der Waals surface area contributed by atoms with Crippen LogP contribution >= 0.6 is 0 Å². The first-order valence-corrected chi connectivity index (χ1v) is 5.49. The van der Waals surface area contributed by atoms with Crippen LogP contribution in [0.3, 0.4) is 0 Å². The van der Waals surface area contributed by atoms with E-state index >= 15 is 0 Å². The van der Waals surface area contributed by atoms with Crippen LogP contribution in [0.5, 0.6) is 0 Å². The van der Waals surface area contributed by atoms with Crippen molar-refractivity contribution in [3.8, 4) is 6.07 Å². The van der Waals surface area contributed by atoms with Crippen LogP contribution in [0.15, 0.2) is 6.33 Å². The highest BCUT2D eigenvalue weighted by atomic mass is 15.1. The van der Waals surface area contributed by atoms with E-state index in [1.807, 2.05) is 6.33 Å². The molecule has 0 aromatic carbocycles. The minimum Gasteiger partial charge on any atom is -0.334 e. The van der Waals surface area contributed by atoms with Crippen molar-refractivity contribution in [2.24, 2.45) is 5.73 Å². The average Bonchev–Trinajstić information content (AvgIpc) is 2.69. The Hall–Kier alpha value is -1.34. The molecular weight excluding hydrogens is 188 g/mol. The van der Waals surface area contributed by atoms with Crippen LogP contribution in [-0.2, 0) is 19.4 Å². The van der Waals surface area contributed by atoms with Gasteiger partial charge in [0, 0.05) is 12.2 Å². The van der Waals surface area contributed by atoms with E-state index in [1.54, 1.807) is 0 Å². The summed E-state index contributed by atoms with van der Waals surface area (Å²) in [7, 11) is 0. The number of fused-ring (bicyclic) bond motifs is 1. The lowest BCUT2D eigenvalue weighted by molar-refractivity contribution is 0.563. The van der Waals surface area contributed by atoms with E-state index < -0.39 is 0 Å². The molecule has 0 fully saturated rings. The summed E-state index contributed by atoms with van der Waals surface area (Å²) in [5, 5.41) is 8.60. The van der Waals surface area contributed by atoms with E-state index in [2.05, 4.69) is 15.6 Å². The zero-order valence-corrected chi connectivity index (χ0v) is 8.82. The van der Waals surface area contributed by atoms with Crippen molar-refractivity contribution in [3.05, 3.63) is 17.7 Å². The Labute approximate surface area is 89.7 Å². The second kappa shape index (κ2) is 4.45. The van der Waals surface area contributed by atoms with E-state index in [4.69, 9.17) is 11.0 Å². The fourth-order valence-electron chi connectivity index (χ4n) is 2.07. The van der Waals surface area contributed by atoms with Gasteiger partial charge in [-0.2, -0.15) is 5.26 Å². The third-order valence-corrected chi connectivity index (χ3v) is 2.96. The molecule has 0 saturated heterocycles. The number of hydrogen-bond acceptors (Lipinski definition) is 3. The summed E-state index contributed by atoms with van der Waals surface area (Å²) in [6.45, 7) is 0.817. The Balaban J connectivity index is 2.03. The Bertz CT molecular complexity index is 374. The number of nitrogens with zero attached hydrogens (tertiary/aromatic N) is 3. The van der Waals surface area contributed by atoms with Crippen LogP contribution in [0.4, 0.5) is 0 Å². The summed E-state index contributed by atoms with van der Waals surface area (Å²) in [6.07, 6.45) is 7.33. The molecule has 2 N–H and O–H groups in total. The maximum Gasteiger partial charge on any atom is 0.0951 e. The monoisotopic (exact) mass is 204 g/mol. The van der Waals surface area contributed by atoms with Gasteiger partial charge in [0.2, 0.25) is 0 Å². The lowest BCUT2D eigenvalue weighted by atomic mass is 10.0. The molecule has 0 amide bonds. The Kier molecular flexibility index (Phi) is 3.02. The topological polar surface area (TPSA) is 67.6 Å². The molecule has 1 aliphatic rings. The molecule has 4 heteroatoms. The second-order valence-corrected chi connectivity index (χ2v) is 4.06. The third-order valence-electron chi connectivity index (χ3n) is 2.96. The van der Waals surface area contributed by atoms with Crippen LogP contribution < -0.4 is 5.73 Å². The quantitative estimate of drug-likeness (QED) is 0.798. The van der Waals surface area contributed by atoms with Gasteiger partial charge in [-0.15, -0.1) is 0 Å². The molecule has 1 aliphatic carbocycles. The number of imidazole rings is 1. The van der Waals surface area contributed by atoms with Gasteiger partial charge < -0.3 is 10.3 Å². The van der Waals surface area contributed by atoms with Crippen LogP contribution in [0.25, 0.3) is 0 Å². The number of nitrogens with two attached hydrogens (primary N) is 1. The van der Waals surface area contributed by atoms with Crippen molar-refractivity contribution in [2.45, 2.75) is 44.7 Å². The van der Waals surface area contributed by atoms with Crippen LogP contribution in [-0.4, -0.2) is 15.6 Å². The number of rotatable bonds is 3. The predicted molar refractivity (Wildman–Crippen MR) is 57.1 cm³/mol. The highest BCUT2D eigenvalue weighted by Gasteiger charge is 2.15. The third kappa shape index (κ3) is 2.18. The van der Waals surface area contributed by atoms with Gasteiger partial charge in [0.25, 0.3) is 0 Å². The summed E-state index contributed by atoms with van der Waals surface area (Å²) in [4.78, 5) is 4.40. The standard InChI is InChI=1S/C11H16N4/c12-7-9(13)5-6-15-8-14-10-3-1-2-4-11(10)15/h8-9H,1-6,13H2. The van der Waals surface area contributed by atoms with E-state index in [9.17, 15) is 0 Å². The second-order valence-electron chi connectivity index (χ2n) is 4.06. The van der Waals surface area contributed by atoms with Crippen molar-refractivity contribution in [1.29, 1.82) is 5.26 Å². The zero-order valence-electron chi connectivity index (χ0n) is 8.82. The summed E-state index contributed by atoms with van der Waals surface area (Å²) < 4.78 is 2.16. The van der Waals surface area contributed by atoms with Gasteiger partial charge in [0.15, 0.2) is 0 Å². The first kappa shape index (κ1) is 10.2. The van der Waals surface area contributed by atoms with Gasteiger partial charge in [0.1, 0.15) is 0 Å². The largest absolute Gasteiger partial charge is 0.334 e. The van der Waals surface area contributed by atoms with Gasteiger partial charge in [-0.25, -0.2) is 4.98 Å². The minimum atomic E-state index is -0.355. The van der Waals surface area contributed by atoms with Gasteiger partial charge in [-0.1, -0.05) is 0 Å². The van der Waals surface area contributed by atoms with Crippen molar-refractivity contribution >= 4 is 0 Å². The summed E-state index contributed by atoms with van der Waals surface area (Å²) in [6, 6.07) is 1.70. The molecule has 1 aromatic rings. The van der Waals surface area contributed by atoms with E-state index in [0.29, 0.717) is 6.42 Å². The first-order chi connectivity index (χ1) is 7.31. The van der Waals surface area contributed by atoms with Gasteiger partial charge in [0.05, 0.1) is 24.1 Å². The number of hydrogen-bond donors (Lipinski definition) is 1.